The molecule has 0 amide bonds. The molecule has 0 aliphatic carbocycles. The molecule has 4 rings (SSSR count). The molecule has 1 aliphatic heterocycles. The molecule has 4 heteroatoms. The smallest absolute Gasteiger partial charge is 0.140 e. The van der Waals surface area contributed by atoms with Crippen molar-refractivity contribution in [3.05, 3.63) is 54.4 Å². The monoisotopic (exact) mass is 331 g/mol. The number of aryl methyl sites for hydroxylation is 1. The van der Waals surface area contributed by atoms with Crippen LogP contribution >= 0.6 is 0 Å². The molecule has 1 unspecified atom stereocenters. The number of carbonyl (C=O) groups excluding carboxylic acids is 1. The van der Waals surface area contributed by atoms with Gasteiger partial charge in [-0.25, -0.2) is 9.97 Å². The molecule has 1 aromatic heterocycles. The fourth-order valence-corrected chi connectivity index (χ4v) is 3.62. The van der Waals surface area contributed by atoms with E-state index < -0.39 is 0 Å². The van der Waals surface area contributed by atoms with Gasteiger partial charge in [0.1, 0.15) is 18.4 Å². The molecule has 3 aromatic rings. The number of anilines is 1. The highest BCUT2D eigenvalue weighted by Crippen LogP contribution is 2.35. The van der Waals surface area contributed by atoms with Crippen molar-refractivity contribution in [2.75, 3.05) is 18.0 Å². The third-order valence-electron chi connectivity index (χ3n) is 4.96. The second-order valence-electron chi connectivity index (χ2n) is 6.75. The van der Waals surface area contributed by atoms with Crippen LogP contribution < -0.4 is 4.90 Å². The molecule has 126 valence electrons. The van der Waals surface area contributed by atoms with Crippen LogP contribution in [0.4, 0.5) is 5.82 Å². The van der Waals surface area contributed by atoms with Gasteiger partial charge in [-0.05, 0) is 37.0 Å². The molecule has 1 saturated heterocycles. The molecule has 1 atom stereocenters. The first-order chi connectivity index (χ1) is 12.3. The third kappa shape index (κ3) is 3.00. The van der Waals surface area contributed by atoms with Gasteiger partial charge in [0.15, 0.2) is 0 Å². The number of nitrogens with zero attached hydrogens (tertiary/aromatic N) is 3. The molecule has 0 spiro atoms. The summed E-state index contributed by atoms with van der Waals surface area (Å²) in [6, 6.07) is 14.7. The van der Waals surface area contributed by atoms with Crippen LogP contribution in [0.5, 0.6) is 0 Å². The normalized spacial score (nSPS) is 17.6. The summed E-state index contributed by atoms with van der Waals surface area (Å²) in [5.41, 5.74) is 4.49. The van der Waals surface area contributed by atoms with Gasteiger partial charge in [-0.3, -0.25) is 0 Å². The Balaban J connectivity index is 1.87. The summed E-state index contributed by atoms with van der Waals surface area (Å²) < 4.78 is 0. The van der Waals surface area contributed by atoms with Gasteiger partial charge >= 0.3 is 0 Å². The van der Waals surface area contributed by atoms with Crippen LogP contribution in [0.15, 0.2) is 48.8 Å². The number of carbonyl (C=O) groups is 1. The molecular weight excluding hydrogens is 310 g/mol. The van der Waals surface area contributed by atoms with Crippen molar-refractivity contribution < 1.29 is 4.79 Å². The van der Waals surface area contributed by atoms with Crippen LogP contribution in [0.2, 0.25) is 0 Å². The van der Waals surface area contributed by atoms with Crippen molar-refractivity contribution in [2.45, 2.75) is 19.8 Å². The second-order valence-corrected chi connectivity index (χ2v) is 6.75. The van der Waals surface area contributed by atoms with E-state index in [0.29, 0.717) is 0 Å². The van der Waals surface area contributed by atoms with Crippen molar-refractivity contribution in [2.24, 2.45) is 5.92 Å². The average molecular weight is 331 g/mol. The first-order valence-electron chi connectivity index (χ1n) is 8.77. The largest absolute Gasteiger partial charge is 0.355 e. The van der Waals surface area contributed by atoms with Crippen LogP contribution in [-0.2, 0) is 4.79 Å². The van der Waals surface area contributed by atoms with E-state index in [1.54, 1.807) is 6.33 Å². The van der Waals surface area contributed by atoms with Gasteiger partial charge in [0.25, 0.3) is 0 Å². The molecule has 1 aliphatic rings. The Morgan fingerprint density at radius 3 is 2.76 bits per heavy atom. The van der Waals surface area contributed by atoms with Gasteiger partial charge in [0.2, 0.25) is 0 Å². The Bertz CT molecular complexity index is 899. The molecular formula is C21H21N3O. The second kappa shape index (κ2) is 6.63. The van der Waals surface area contributed by atoms with E-state index in [4.69, 9.17) is 0 Å². The van der Waals surface area contributed by atoms with Crippen LogP contribution in [0.1, 0.15) is 18.4 Å². The topological polar surface area (TPSA) is 46.1 Å². The highest BCUT2D eigenvalue weighted by atomic mass is 16.1. The van der Waals surface area contributed by atoms with Gasteiger partial charge in [0, 0.05) is 19.0 Å². The average Bonchev–Trinajstić information content (AvgIpc) is 2.68. The van der Waals surface area contributed by atoms with Gasteiger partial charge < -0.3 is 9.69 Å². The Kier molecular flexibility index (Phi) is 4.18. The maximum absolute atomic E-state index is 11.3. The van der Waals surface area contributed by atoms with Crippen molar-refractivity contribution in [1.82, 2.24) is 9.97 Å². The molecule has 0 N–H and O–H groups in total. The summed E-state index contributed by atoms with van der Waals surface area (Å²) >= 11 is 0. The van der Waals surface area contributed by atoms with Crippen molar-refractivity contribution in [3.8, 4) is 11.1 Å². The summed E-state index contributed by atoms with van der Waals surface area (Å²) in [7, 11) is 0. The van der Waals surface area contributed by atoms with Crippen molar-refractivity contribution in [3.63, 3.8) is 0 Å². The lowest BCUT2D eigenvalue weighted by Crippen LogP contribution is -2.36. The minimum atomic E-state index is 0.0882. The van der Waals surface area contributed by atoms with Crippen molar-refractivity contribution >= 4 is 23.0 Å². The molecule has 0 saturated carbocycles. The summed E-state index contributed by atoms with van der Waals surface area (Å²) in [6.45, 7) is 3.76. The Hall–Kier alpha value is -2.75. The SMILES string of the molecule is Cc1ccc(-c2cccc3ncnc(N4CCCC(C=O)C4)c23)cc1. The molecule has 1 fully saturated rings. The predicted octanol–water partition coefficient (Wildman–Crippen LogP) is 4.02. The zero-order valence-electron chi connectivity index (χ0n) is 14.4. The number of aromatic nitrogens is 2. The molecule has 2 aromatic carbocycles. The van der Waals surface area contributed by atoms with E-state index in [2.05, 4.69) is 52.1 Å². The lowest BCUT2D eigenvalue weighted by molar-refractivity contribution is -0.111. The number of hydrogen-bond donors (Lipinski definition) is 0. The fraction of sp³-hybridized carbons (Fsp3) is 0.286. The molecule has 4 nitrogen and oxygen atoms in total. The Morgan fingerprint density at radius 2 is 1.96 bits per heavy atom. The number of rotatable bonds is 3. The summed E-state index contributed by atoms with van der Waals surface area (Å²) in [5, 5.41) is 1.07. The summed E-state index contributed by atoms with van der Waals surface area (Å²) in [4.78, 5) is 22.6. The quantitative estimate of drug-likeness (QED) is 0.680. The van der Waals surface area contributed by atoms with Crippen LogP contribution in [0.25, 0.3) is 22.0 Å². The first kappa shape index (κ1) is 15.8. The minimum absolute atomic E-state index is 0.0882. The third-order valence-corrected chi connectivity index (χ3v) is 4.96. The van der Waals surface area contributed by atoms with Gasteiger partial charge in [-0.2, -0.15) is 0 Å². The van der Waals surface area contributed by atoms with Gasteiger partial charge in [-0.15, -0.1) is 0 Å². The van der Waals surface area contributed by atoms with E-state index in [1.165, 1.54) is 5.56 Å². The lowest BCUT2D eigenvalue weighted by Gasteiger charge is -2.32. The number of benzene rings is 2. The molecule has 0 radical (unpaired) electrons. The zero-order chi connectivity index (χ0) is 17.2. The number of fused-ring (bicyclic) bond motifs is 1. The maximum atomic E-state index is 11.3. The zero-order valence-corrected chi connectivity index (χ0v) is 14.4. The van der Waals surface area contributed by atoms with E-state index in [9.17, 15) is 4.79 Å². The van der Waals surface area contributed by atoms with E-state index in [0.717, 1.165) is 60.1 Å². The molecule has 0 bridgehead atoms. The number of aldehydes is 1. The fourth-order valence-electron chi connectivity index (χ4n) is 3.62. The van der Waals surface area contributed by atoms with E-state index in [1.807, 2.05) is 12.1 Å². The standard InChI is InChI=1S/C21H21N3O/c1-15-7-9-17(10-8-15)18-5-2-6-19-20(18)21(23-14-22-19)24-11-3-4-16(12-24)13-25/h2,5-10,13-14,16H,3-4,11-12H2,1H3. The predicted molar refractivity (Wildman–Crippen MR) is 101 cm³/mol. The van der Waals surface area contributed by atoms with E-state index in [-0.39, 0.29) is 5.92 Å². The molecule has 2 heterocycles. The minimum Gasteiger partial charge on any atom is -0.355 e. The highest BCUT2D eigenvalue weighted by molar-refractivity contribution is 6.02. The highest BCUT2D eigenvalue weighted by Gasteiger charge is 2.23. The van der Waals surface area contributed by atoms with Crippen molar-refractivity contribution in [1.29, 1.82) is 0 Å². The number of piperidine rings is 1. The van der Waals surface area contributed by atoms with Gasteiger partial charge in [0.05, 0.1) is 10.9 Å². The van der Waals surface area contributed by atoms with Gasteiger partial charge in [-0.1, -0.05) is 42.0 Å². The summed E-state index contributed by atoms with van der Waals surface area (Å²) in [5.74, 6) is 1.03. The Labute approximate surface area is 147 Å². The summed E-state index contributed by atoms with van der Waals surface area (Å²) in [6.07, 6.45) is 4.69. The molecule has 25 heavy (non-hydrogen) atoms. The lowest BCUT2D eigenvalue weighted by atomic mass is 9.97. The van der Waals surface area contributed by atoms with Crippen LogP contribution in [0, 0.1) is 12.8 Å². The van der Waals surface area contributed by atoms with Crippen LogP contribution in [-0.4, -0.2) is 29.3 Å². The van der Waals surface area contributed by atoms with E-state index >= 15 is 0 Å². The maximum Gasteiger partial charge on any atom is 0.140 e. The Morgan fingerprint density at radius 1 is 1.12 bits per heavy atom. The number of hydrogen-bond acceptors (Lipinski definition) is 4. The van der Waals surface area contributed by atoms with Crippen LogP contribution in [0.3, 0.4) is 0 Å². The first-order valence-corrected chi connectivity index (χ1v) is 8.77.